The van der Waals surface area contributed by atoms with Crippen molar-refractivity contribution in [2.45, 2.75) is 18.8 Å². The van der Waals surface area contributed by atoms with Crippen LogP contribution in [0.4, 0.5) is 5.95 Å². The number of rotatable bonds is 3. The van der Waals surface area contributed by atoms with E-state index in [0.717, 1.165) is 31.8 Å². The summed E-state index contributed by atoms with van der Waals surface area (Å²) in [6.07, 6.45) is 3.48. The zero-order valence-electron chi connectivity index (χ0n) is 12.0. The number of carbonyl (C=O) groups is 1. The van der Waals surface area contributed by atoms with Crippen molar-refractivity contribution in [1.29, 1.82) is 0 Å². The molecule has 3 heterocycles. The number of amides is 1. The lowest BCUT2D eigenvalue weighted by Gasteiger charge is -2.19. The van der Waals surface area contributed by atoms with Crippen molar-refractivity contribution in [3.63, 3.8) is 0 Å². The minimum Gasteiger partial charge on any atom is -0.458 e. The summed E-state index contributed by atoms with van der Waals surface area (Å²) in [6, 6.07) is 1.67. The zero-order chi connectivity index (χ0) is 14.8. The van der Waals surface area contributed by atoms with E-state index in [-0.39, 0.29) is 24.1 Å². The van der Waals surface area contributed by atoms with Crippen LogP contribution in [0.25, 0.3) is 0 Å². The summed E-state index contributed by atoms with van der Waals surface area (Å²) in [5.74, 6) is 1.43. The fourth-order valence-corrected chi connectivity index (χ4v) is 2.76. The highest BCUT2D eigenvalue weighted by Gasteiger charge is 2.22. The van der Waals surface area contributed by atoms with Crippen LogP contribution >= 0.6 is 28.3 Å². The largest absolute Gasteiger partial charge is 0.458 e. The van der Waals surface area contributed by atoms with Gasteiger partial charge in [0.05, 0.1) is 10.7 Å². The third-order valence-electron chi connectivity index (χ3n) is 3.53. The van der Waals surface area contributed by atoms with E-state index >= 15 is 0 Å². The maximum absolute atomic E-state index is 12.1. The van der Waals surface area contributed by atoms with E-state index in [4.69, 9.17) is 4.42 Å². The van der Waals surface area contributed by atoms with Gasteiger partial charge in [-0.1, -0.05) is 0 Å². The highest BCUT2D eigenvalue weighted by molar-refractivity contribution is 9.10. The molecule has 1 aliphatic rings. The van der Waals surface area contributed by atoms with Crippen LogP contribution in [0.1, 0.15) is 35.1 Å². The summed E-state index contributed by atoms with van der Waals surface area (Å²) in [7, 11) is 1.77. The predicted molar refractivity (Wildman–Crippen MR) is 87.5 cm³/mol. The fourth-order valence-electron chi connectivity index (χ4n) is 2.38. The Bertz CT molecular complexity index is 651. The molecule has 120 valence electrons. The Morgan fingerprint density at radius 3 is 2.86 bits per heavy atom. The smallest absolute Gasteiger partial charge is 0.294 e. The summed E-state index contributed by atoms with van der Waals surface area (Å²) in [5, 5.41) is 10.4. The van der Waals surface area contributed by atoms with E-state index in [2.05, 4.69) is 36.6 Å². The highest BCUT2D eigenvalue weighted by atomic mass is 79.9. The molecule has 2 aromatic rings. The van der Waals surface area contributed by atoms with Crippen LogP contribution < -0.4 is 10.6 Å². The average Bonchev–Trinajstić information content (AvgIpc) is 3.07. The maximum atomic E-state index is 12.1. The SMILES string of the molecule is Cl.Cn1nc(C2CCNCC2)nc1NC(=O)c1occc1Br. The molecule has 1 aliphatic heterocycles. The molecule has 0 spiro atoms. The normalized spacial score (nSPS) is 15.4. The second-order valence-electron chi connectivity index (χ2n) is 4.99. The van der Waals surface area contributed by atoms with Gasteiger partial charge >= 0.3 is 0 Å². The molecule has 9 heteroatoms. The topological polar surface area (TPSA) is 85.0 Å². The number of piperidine rings is 1. The second kappa shape index (κ2) is 7.26. The Kier molecular flexibility index (Phi) is 5.60. The maximum Gasteiger partial charge on any atom is 0.294 e. The van der Waals surface area contributed by atoms with Gasteiger partial charge < -0.3 is 9.73 Å². The van der Waals surface area contributed by atoms with Crippen molar-refractivity contribution in [3.8, 4) is 0 Å². The van der Waals surface area contributed by atoms with E-state index in [9.17, 15) is 4.79 Å². The Labute approximate surface area is 142 Å². The number of aryl methyl sites for hydroxylation is 1. The third kappa shape index (κ3) is 3.50. The molecule has 0 radical (unpaired) electrons. The third-order valence-corrected chi connectivity index (χ3v) is 4.16. The van der Waals surface area contributed by atoms with Crippen LogP contribution in [-0.4, -0.2) is 33.8 Å². The van der Waals surface area contributed by atoms with Gasteiger partial charge in [-0.2, -0.15) is 10.1 Å². The second-order valence-corrected chi connectivity index (χ2v) is 5.85. The summed E-state index contributed by atoms with van der Waals surface area (Å²) in [5.41, 5.74) is 0. The van der Waals surface area contributed by atoms with Gasteiger partial charge in [-0.3, -0.25) is 10.1 Å². The van der Waals surface area contributed by atoms with Crippen molar-refractivity contribution in [3.05, 3.63) is 28.4 Å². The standard InChI is InChI=1S/C13H16BrN5O2.ClH/c1-19-13(17-12(20)10-9(14)4-7-21-10)16-11(18-19)8-2-5-15-6-3-8;/h4,7-8,15H,2-3,5-6H2,1H3,(H,16,17,18,20);1H. The number of hydrogen-bond acceptors (Lipinski definition) is 5. The van der Waals surface area contributed by atoms with Crippen molar-refractivity contribution >= 4 is 40.2 Å². The molecule has 2 aromatic heterocycles. The lowest BCUT2D eigenvalue weighted by molar-refractivity contribution is 0.0994. The molecule has 0 unspecified atom stereocenters. The molecule has 3 rings (SSSR count). The predicted octanol–water partition coefficient (Wildman–Crippen LogP) is 2.31. The van der Waals surface area contributed by atoms with E-state index < -0.39 is 0 Å². The van der Waals surface area contributed by atoms with Gasteiger partial charge in [0, 0.05) is 13.0 Å². The van der Waals surface area contributed by atoms with Gasteiger partial charge in [0.15, 0.2) is 5.82 Å². The highest BCUT2D eigenvalue weighted by Crippen LogP contribution is 2.24. The first kappa shape index (κ1) is 17.0. The molecular formula is C13H17BrClN5O2. The first-order valence-corrected chi connectivity index (χ1v) is 7.60. The molecule has 0 bridgehead atoms. The monoisotopic (exact) mass is 389 g/mol. The zero-order valence-corrected chi connectivity index (χ0v) is 14.4. The minimum absolute atomic E-state index is 0. The summed E-state index contributed by atoms with van der Waals surface area (Å²) >= 11 is 3.26. The fraction of sp³-hybridized carbons (Fsp3) is 0.462. The van der Waals surface area contributed by atoms with E-state index in [1.807, 2.05) is 0 Å². The number of hydrogen-bond donors (Lipinski definition) is 2. The minimum atomic E-state index is -0.348. The van der Waals surface area contributed by atoms with Crippen molar-refractivity contribution in [1.82, 2.24) is 20.1 Å². The molecule has 1 saturated heterocycles. The molecule has 0 aromatic carbocycles. The Balaban J connectivity index is 0.00000176. The van der Waals surface area contributed by atoms with Crippen LogP contribution in [0, 0.1) is 0 Å². The molecule has 1 fully saturated rings. The van der Waals surface area contributed by atoms with Gasteiger partial charge in [-0.05, 0) is 47.9 Å². The van der Waals surface area contributed by atoms with E-state index in [1.165, 1.54) is 6.26 Å². The number of carbonyl (C=O) groups excluding carboxylic acids is 1. The number of aromatic nitrogens is 3. The lowest BCUT2D eigenvalue weighted by atomic mass is 9.98. The number of furan rings is 1. The molecule has 7 nitrogen and oxygen atoms in total. The van der Waals surface area contributed by atoms with Gasteiger partial charge in [-0.15, -0.1) is 12.4 Å². The molecule has 0 aliphatic carbocycles. The van der Waals surface area contributed by atoms with Crippen LogP contribution in [0.3, 0.4) is 0 Å². The van der Waals surface area contributed by atoms with Gasteiger partial charge in [0.2, 0.25) is 11.7 Å². The average molecular weight is 391 g/mol. The molecule has 1 amide bonds. The van der Waals surface area contributed by atoms with Crippen LogP contribution in [0.5, 0.6) is 0 Å². The van der Waals surface area contributed by atoms with Gasteiger partial charge in [0.25, 0.3) is 5.91 Å². The van der Waals surface area contributed by atoms with Crippen LogP contribution in [-0.2, 0) is 7.05 Å². The molecule has 2 N–H and O–H groups in total. The molecule has 22 heavy (non-hydrogen) atoms. The number of anilines is 1. The number of halogens is 2. The molecule has 0 saturated carbocycles. The van der Waals surface area contributed by atoms with E-state index in [0.29, 0.717) is 16.3 Å². The summed E-state index contributed by atoms with van der Waals surface area (Å²) < 4.78 is 7.34. The van der Waals surface area contributed by atoms with Gasteiger partial charge in [-0.25, -0.2) is 4.68 Å². The van der Waals surface area contributed by atoms with Crippen molar-refractivity contribution in [2.75, 3.05) is 18.4 Å². The first-order chi connectivity index (χ1) is 10.1. The van der Waals surface area contributed by atoms with Crippen molar-refractivity contribution < 1.29 is 9.21 Å². The van der Waals surface area contributed by atoms with Crippen LogP contribution in [0.2, 0.25) is 0 Å². The first-order valence-electron chi connectivity index (χ1n) is 6.81. The molecule has 0 atom stereocenters. The quantitative estimate of drug-likeness (QED) is 0.840. The van der Waals surface area contributed by atoms with Crippen molar-refractivity contribution in [2.24, 2.45) is 7.05 Å². The Hall–Kier alpha value is -1.38. The summed E-state index contributed by atoms with van der Waals surface area (Å²) in [6.45, 7) is 1.95. The number of nitrogens with zero attached hydrogens (tertiary/aromatic N) is 3. The summed E-state index contributed by atoms with van der Waals surface area (Å²) in [4.78, 5) is 16.6. The van der Waals surface area contributed by atoms with Gasteiger partial charge in [0.1, 0.15) is 0 Å². The number of nitrogens with one attached hydrogen (secondary N) is 2. The Morgan fingerprint density at radius 1 is 1.50 bits per heavy atom. The lowest BCUT2D eigenvalue weighted by Crippen LogP contribution is -2.27. The van der Waals surface area contributed by atoms with Crippen LogP contribution in [0.15, 0.2) is 21.2 Å². The van der Waals surface area contributed by atoms with E-state index in [1.54, 1.807) is 17.8 Å². The Morgan fingerprint density at radius 2 is 2.23 bits per heavy atom. The molecular weight excluding hydrogens is 374 g/mol.